The Morgan fingerprint density at radius 2 is 2.29 bits per heavy atom. The molecule has 0 bridgehead atoms. The predicted molar refractivity (Wildman–Crippen MR) is 55.3 cm³/mol. The molecule has 74 valence electrons. The van der Waals surface area contributed by atoms with E-state index in [1.807, 2.05) is 6.92 Å². The number of aryl methyl sites for hydroxylation is 1. The topological polar surface area (TPSA) is 63.3 Å². The van der Waals surface area contributed by atoms with Crippen LogP contribution < -0.4 is 5.73 Å². The van der Waals surface area contributed by atoms with E-state index in [1.54, 1.807) is 18.2 Å². The Hall–Kier alpha value is -1.61. The van der Waals surface area contributed by atoms with E-state index in [0.29, 0.717) is 5.56 Å². The number of aromatic carboxylic acids is 1. The van der Waals surface area contributed by atoms with Crippen molar-refractivity contribution < 1.29 is 9.90 Å². The molecule has 0 saturated carbocycles. The van der Waals surface area contributed by atoms with Crippen molar-refractivity contribution in [2.45, 2.75) is 13.0 Å². The molecule has 0 heterocycles. The lowest BCUT2D eigenvalue weighted by molar-refractivity contribution is 0.0695. The largest absolute Gasteiger partial charge is 0.478 e. The second-order valence-corrected chi connectivity index (χ2v) is 3.16. The lowest BCUT2D eigenvalue weighted by Gasteiger charge is -2.11. The van der Waals surface area contributed by atoms with Crippen LogP contribution in [0.2, 0.25) is 0 Å². The summed E-state index contributed by atoms with van der Waals surface area (Å²) in [7, 11) is 0. The first-order chi connectivity index (χ1) is 6.56. The molecule has 1 atom stereocenters. The molecule has 0 fully saturated rings. The smallest absolute Gasteiger partial charge is 0.336 e. The fourth-order valence-electron chi connectivity index (χ4n) is 1.28. The van der Waals surface area contributed by atoms with Crippen LogP contribution >= 0.6 is 0 Å². The minimum atomic E-state index is -0.961. The maximum absolute atomic E-state index is 10.9. The summed E-state index contributed by atoms with van der Waals surface area (Å²) in [5.74, 6) is -0.961. The van der Waals surface area contributed by atoms with Crippen molar-refractivity contribution >= 4 is 5.97 Å². The average Bonchev–Trinajstić information content (AvgIpc) is 2.16. The van der Waals surface area contributed by atoms with Gasteiger partial charge in [0.2, 0.25) is 0 Å². The molecule has 1 aromatic rings. The number of carbonyl (C=O) groups is 1. The lowest BCUT2D eigenvalue weighted by atomic mass is 9.98. The van der Waals surface area contributed by atoms with Crippen LogP contribution in [0.3, 0.4) is 0 Å². The molecule has 0 spiro atoms. The maximum atomic E-state index is 10.9. The van der Waals surface area contributed by atoms with Crippen LogP contribution in [-0.4, -0.2) is 11.1 Å². The van der Waals surface area contributed by atoms with E-state index in [0.717, 1.165) is 5.56 Å². The van der Waals surface area contributed by atoms with Crippen LogP contribution in [0.25, 0.3) is 0 Å². The quantitative estimate of drug-likeness (QED) is 0.717. The van der Waals surface area contributed by atoms with E-state index in [2.05, 4.69) is 6.58 Å². The first kappa shape index (κ1) is 10.5. The number of carboxylic acids is 1. The van der Waals surface area contributed by atoms with Gasteiger partial charge in [0, 0.05) is 6.04 Å². The standard InChI is InChI=1S/C11H13NO2/c1-3-10(12)9-6-7(2)4-5-8(9)11(13)14/h3-6,10H,1,12H2,2H3,(H,13,14)/t10-/m1/s1. The highest BCUT2D eigenvalue weighted by Crippen LogP contribution is 2.18. The highest BCUT2D eigenvalue weighted by molar-refractivity contribution is 5.89. The second kappa shape index (κ2) is 4.07. The van der Waals surface area contributed by atoms with Gasteiger partial charge in [0.1, 0.15) is 0 Å². The minimum absolute atomic E-state index is 0.239. The molecule has 0 unspecified atom stereocenters. The molecule has 0 aliphatic heterocycles. The number of nitrogens with two attached hydrogens (primary N) is 1. The van der Waals surface area contributed by atoms with Gasteiger partial charge in [-0.15, -0.1) is 6.58 Å². The molecule has 0 amide bonds. The highest BCUT2D eigenvalue weighted by Gasteiger charge is 2.13. The zero-order valence-electron chi connectivity index (χ0n) is 8.03. The van der Waals surface area contributed by atoms with Gasteiger partial charge < -0.3 is 10.8 Å². The number of hydrogen-bond acceptors (Lipinski definition) is 2. The molecule has 0 aromatic heterocycles. The summed E-state index contributed by atoms with van der Waals surface area (Å²) in [6.07, 6.45) is 1.53. The third-order valence-electron chi connectivity index (χ3n) is 2.05. The van der Waals surface area contributed by atoms with Gasteiger partial charge in [-0.05, 0) is 18.6 Å². The van der Waals surface area contributed by atoms with Crippen molar-refractivity contribution in [1.29, 1.82) is 0 Å². The monoisotopic (exact) mass is 191 g/mol. The van der Waals surface area contributed by atoms with Gasteiger partial charge in [-0.25, -0.2) is 4.79 Å². The van der Waals surface area contributed by atoms with Crippen molar-refractivity contribution in [1.82, 2.24) is 0 Å². The Balaban J connectivity index is 3.29. The summed E-state index contributed by atoms with van der Waals surface area (Å²) < 4.78 is 0. The third kappa shape index (κ3) is 2.00. The average molecular weight is 191 g/mol. The maximum Gasteiger partial charge on any atom is 0.336 e. The zero-order valence-corrected chi connectivity index (χ0v) is 8.03. The molecule has 0 saturated heterocycles. The molecule has 3 N–H and O–H groups in total. The first-order valence-corrected chi connectivity index (χ1v) is 4.28. The normalized spacial score (nSPS) is 12.1. The van der Waals surface area contributed by atoms with Gasteiger partial charge >= 0.3 is 5.97 Å². The van der Waals surface area contributed by atoms with E-state index < -0.39 is 12.0 Å². The van der Waals surface area contributed by atoms with Gasteiger partial charge in [0.15, 0.2) is 0 Å². The molecule has 1 aromatic carbocycles. The zero-order chi connectivity index (χ0) is 10.7. The molecule has 3 nitrogen and oxygen atoms in total. The molecular weight excluding hydrogens is 178 g/mol. The summed E-state index contributed by atoms with van der Waals surface area (Å²) in [6.45, 7) is 5.44. The first-order valence-electron chi connectivity index (χ1n) is 4.28. The Morgan fingerprint density at radius 1 is 1.64 bits per heavy atom. The van der Waals surface area contributed by atoms with Gasteiger partial charge in [0.05, 0.1) is 5.56 Å². The summed E-state index contributed by atoms with van der Waals surface area (Å²) >= 11 is 0. The summed E-state index contributed by atoms with van der Waals surface area (Å²) in [6, 6.07) is 4.66. The molecule has 3 heteroatoms. The lowest BCUT2D eigenvalue weighted by Crippen LogP contribution is -2.12. The van der Waals surface area contributed by atoms with Crippen molar-refractivity contribution in [3.8, 4) is 0 Å². The Morgan fingerprint density at radius 3 is 2.79 bits per heavy atom. The molecule has 0 radical (unpaired) electrons. The van der Waals surface area contributed by atoms with Crippen LogP contribution in [0.15, 0.2) is 30.9 Å². The van der Waals surface area contributed by atoms with E-state index >= 15 is 0 Å². The Labute approximate surface area is 82.9 Å². The molecular formula is C11H13NO2. The van der Waals surface area contributed by atoms with Crippen LogP contribution in [0.1, 0.15) is 27.5 Å². The summed E-state index contributed by atoms with van der Waals surface area (Å²) in [5.41, 5.74) is 7.55. The number of carboxylic acid groups (broad SMARTS) is 1. The SMILES string of the molecule is C=C[C@@H](N)c1cc(C)ccc1C(=O)O. The van der Waals surface area contributed by atoms with Crippen LogP contribution in [0.4, 0.5) is 0 Å². The fourth-order valence-corrected chi connectivity index (χ4v) is 1.28. The van der Waals surface area contributed by atoms with Crippen LogP contribution in [0.5, 0.6) is 0 Å². The molecule has 14 heavy (non-hydrogen) atoms. The van der Waals surface area contributed by atoms with E-state index in [1.165, 1.54) is 6.08 Å². The molecule has 0 aliphatic rings. The van der Waals surface area contributed by atoms with Crippen LogP contribution in [-0.2, 0) is 0 Å². The van der Waals surface area contributed by atoms with Crippen LogP contribution in [0, 0.1) is 6.92 Å². The van der Waals surface area contributed by atoms with Crippen molar-refractivity contribution in [3.05, 3.63) is 47.5 Å². The van der Waals surface area contributed by atoms with E-state index in [-0.39, 0.29) is 5.56 Å². The van der Waals surface area contributed by atoms with E-state index in [4.69, 9.17) is 10.8 Å². The van der Waals surface area contributed by atoms with Gasteiger partial charge in [-0.1, -0.05) is 23.8 Å². The summed E-state index contributed by atoms with van der Waals surface area (Å²) in [4.78, 5) is 10.9. The predicted octanol–water partition coefficient (Wildman–Crippen LogP) is 1.88. The Kier molecular flexibility index (Phi) is 3.04. The number of rotatable bonds is 3. The minimum Gasteiger partial charge on any atom is -0.478 e. The number of hydrogen-bond donors (Lipinski definition) is 2. The second-order valence-electron chi connectivity index (χ2n) is 3.16. The van der Waals surface area contributed by atoms with Gasteiger partial charge in [-0.3, -0.25) is 0 Å². The van der Waals surface area contributed by atoms with E-state index in [9.17, 15) is 4.79 Å². The van der Waals surface area contributed by atoms with Gasteiger partial charge in [0.25, 0.3) is 0 Å². The molecule has 0 aliphatic carbocycles. The number of benzene rings is 1. The van der Waals surface area contributed by atoms with Crippen molar-refractivity contribution in [3.63, 3.8) is 0 Å². The highest BCUT2D eigenvalue weighted by atomic mass is 16.4. The summed E-state index contributed by atoms with van der Waals surface area (Å²) in [5, 5.41) is 8.91. The van der Waals surface area contributed by atoms with Crippen molar-refractivity contribution in [2.24, 2.45) is 5.73 Å². The third-order valence-corrected chi connectivity index (χ3v) is 2.05. The Bertz CT molecular complexity index is 372. The van der Waals surface area contributed by atoms with Gasteiger partial charge in [-0.2, -0.15) is 0 Å². The van der Waals surface area contributed by atoms with Crippen molar-refractivity contribution in [2.75, 3.05) is 0 Å². The molecule has 1 rings (SSSR count). The fraction of sp³-hybridized carbons (Fsp3) is 0.182.